The lowest BCUT2D eigenvalue weighted by Gasteiger charge is -2.29. The number of halogens is 1. The zero-order chi connectivity index (χ0) is 28.1. The van der Waals surface area contributed by atoms with Gasteiger partial charge in [-0.1, -0.05) is 35.9 Å². The van der Waals surface area contributed by atoms with Crippen LogP contribution in [0.3, 0.4) is 0 Å². The van der Waals surface area contributed by atoms with E-state index in [1.165, 1.54) is 10.4 Å². The second-order valence-electron chi connectivity index (χ2n) is 8.86. The Morgan fingerprint density at radius 2 is 1.82 bits per heavy atom. The van der Waals surface area contributed by atoms with E-state index in [9.17, 15) is 21.6 Å². The molecule has 1 heterocycles. The third-order valence-corrected chi connectivity index (χ3v) is 9.42. The number of benzene rings is 2. The molecule has 2 aromatic carbocycles. The third-order valence-electron chi connectivity index (χ3n) is 6.18. The van der Waals surface area contributed by atoms with Crippen LogP contribution in [0.15, 0.2) is 65.8 Å². The number of sulfonamides is 1. The normalized spacial score (nSPS) is 12.9. The van der Waals surface area contributed by atoms with E-state index in [2.05, 4.69) is 10.3 Å². The van der Waals surface area contributed by atoms with Crippen LogP contribution in [-0.4, -0.2) is 55.4 Å². The van der Waals surface area contributed by atoms with Crippen molar-refractivity contribution in [2.45, 2.75) is 38.1 Å². The smallest absolute Gasteiger partial charge is 0.266 e. The lowest BCUT2D eigenvalue weighted by Crippen LogP contribution is -2.38. The second kappa shape index (κ2) is 12.4. The van der Waals surface area contributed by atoms with Crippen LogP contribution in [0.1, 0.15) is 36.1 Å². The standard InChI is InChI=1S/C26H30ClN3O6S2/c1-18-17-28-12-10-23(18)22-7-4-6-21(16-22)20(3)30(14-11-26(31)29-13-15-37(32,33)34)38(35,36)25-9-5-8-24(27)19(25)2/h4-10,12,16-17,20H,11,13-15H2,1-3H3,(H,29,31)(H,32,33,34). The zero-order valence-corrected chi connectivity index (χ0v) is 23.6. The van der Waals surface area contributed by atoms with Crippen LogP contribution < -0.4 is 5.32 Å². The van der Waals surface area contributed by atoms with E-state index in [0.29, 0.717) is 16.1 Å². The number of hydrogen-bond donors (Lipinski definition) is 2. The van der Waals surface area contributed by atoms with Gasteiger partial charge in [0.2, 0.25) is 15.9 Å². The van der Waals surface area contributed by atoms with Crippen LogP contribution in [0.4, 0.5) is 0 Å². The van der Waals surface area contributed by atoms with Gasteiger partial charge in [-0.3, -0.25) is 14.3 Å². The lowest BCUT2D eigenvalue weighted by atomic mass is 9.98. The molecular formula is C26H30ClN3O6S2. The van der Waals surface area contributed by atoms with E-state index in [1.54, 1.807) is 38.4 Å². The Morgan fingerprint density at radius 1 is 1.11 bits per heavy atom. The molecule has 12 heteroatoms. The van der Waals surface area contributed by atoms with Gasteiger partial charge in [-0.2, -0.15) is 12.7 Å². The predicted molar refractivity (Wildman–Crippen MR) is 147 cm³/mol. The summed E-state index contributed by atoms with van der Waals surface area (Å²) in [4.78, 5) is 16.6. The second-order valence-corrected chi connectivity index (χ2v) is 12.7. The average molecular weight is 580 g/mol. The largest absolute Gasteiger partial charge is 0.355 e. The zero-order valence-electron chi connectivity index (χ0n) is 21.3. The number of nitrogens with one attached hydrogen (secondary N) is 1. The predicted octanol–water partition coefficient (Wildman–Crippen LogP) is 4.16. The van der Waals surface area contributed by atoms with E-state index >= 15 is 0 Å². The van der Waals surface area contributed by atoms with Gasteiger partial charge in [-0.25, -0.2) is 8.42 Å². The molecule has 38 heavy (non-hydrogen) atoms. The van der Waals surface area contributed by atoms with Crippen molar-refractivity contribution in [1.29, 1.82) is 0 Å². The number of amides is 1. The molecule has 1 aromatic heterocycles. The van der Waals surface area contributed by atoms with Crippen LogP contribution in [-0.2, 0) is 24.9 Å². The molecule has 1 unspecified atom stereocenters. The van der Waals surface area contributed by atoms with Gasteiger partial charge < -0.3 is 5.32 Å². The van der Waals surface area contributed by atoms with Crippen molar-refractivity contribution in [3.05, 3.63) is 82.6 Å². The SMILES string of the molecule is Cc1cnccc1-c1cccc(C(C)N(CCC(=O)NCCS(=O)(=O)O)S(=O)(=O)c2cccc(Cl)c2C)c1. The van der Waals surface area contributed by atoms with Crippen molar-refractivity contribution in [2.75, 3.05) is 18.8 Å². The molecule has 1 atom stereocenters. The minimum atomic E-state index is -4.24. The minimum absolute atomic E-state index is 0.0322. The topological polar surface area (TPSA) is 134 Å². The fourth-order valence-electron chi connectivity index (χ4n) is 4.06. The summed E-state index contributed by atoms with van der Waals surface area (Å²) in [6, 6.07) is 13.4. The molecule has 3 aromatic rings. The van der Waals surface area contributed by atoms with Gasteiger partial charge in [0.25, 0.3) is 10.1 Å². The number of nitrogens with zero attached hydrogens (tertiary/aromatic N) is 2. The van der Waals surface area contributed by atoms with Crippen LogP contribution in [0.2, 0.25) is 5.02 Å². The fourth-order valence-corrected chi connectivity index (χ4v) is 6.52. The highest BCUT2D eigenvalue weighted by atomic mass is 35.5. The Balaban J connectivity index is 1.96. The first-order valence-electron chi connectivity index (χ1n) is 11.8. The fraction of sp³-hybridized carbons (Fsp3) is 0.308. The van der Waals surface area contributed by atoms with Gasteiger partial charge in [-0.15, -0.1) is 0 Å². The van der Waals surface area contributed by atoms with Crippen molar-refractivity contribution in [3.63, 3.8) is 0 Å². The number of carbonyl (C=O) groups is 1. The first kappa shape index (κ1) is 29.7. The van der Waals surface area contributed by atoms with Crippen LogP contribution in [0, 0.1) is 13.8 Å². The van der Waals surface area contributed by atoms with Gasteiger partial charge in [0, 0.05) is 43.0 Å². The molecule has 9 nitrogen and oxygen atoms in total. The summed E-state index contributed by atoms with van der Waals surface area (Å²) >= 11 is 6.22. The molecule has 0 bridgehead atoms. The highest BCUT2D eigenvalue weighted by molar-refractivity contribution is 7.89. The van der Waals surface area contributed by atoms with Gasteiger partial charge in [0.1, 0.15) is 0 Å². The first-order chi connectivity index (χ1) is 17.8. The highest BCUT2D eigenvalue weighted by Gasteiger charge is 2.32. The van der Waals surface area contributed by atoms with E-state index in [0.717, 1.165) is 16.7 Å². The summed E-state index contributed by atoms with van der Waals surface area (Å²) in [7, 11) is -8.34. The van der Waals surface area contributed by atoms with Crippen LogP contribution in [0.25, 0.3) is 11.1 Å². The van der Waals surface area contributed by atoms with Crippen LogP contribution >= 0.6 is 11.6 Å². The monoisotopic (exact) mass is 579 g/mol. The van der Waals surface area contributed by atoms with Gasteiger partial charge >= 0.3 is 0 Å². The van der Waals surface area contributed by atoms with Crippen molar-refractivity contribution in [3.8, 4) is 11.1 Å². The number of hydrogen-bond acceptors (Lipinski definition) is 6. The van der Waals surface area contributed by atoms with E-state index in [4.69, 9.17) is 16.2 Å². The molecule has 3 rings (SSSR count). The van der Waals surface area contributed by atoms with E-state index in [1.807, 2.05) is 37.3 Å². The number of pyridine rings is 1. The Labute approximate surface area is 228 Å². The molecule has 0 saturated carbocycles. The summed E-state index contributed by atoms with van der Waals surface area (Å²) in [5, 5.41) is 2.70. The maximum absolute atomic E-state index is 13.9. The molecule has 0 aliphatic heterocycles. The summed E-state index contributed by atoms with van der Waals surface area (Å²) in [5.41, 5.74) is 3.94. The van der Waals surface area contributed by atoms with E-state index < -0.39 is 37.8 Å². The number of aromatic nitrogens is 1. The summed E-state index contributed by atoms with van der Waals surface area (Å²) in [6.45, 7) is 4.84. The Hall–Kier alpha value is -2.83. The Bertz CT molecular complexity index is 1530. The molecular weight excluding hydrogens is 550 g/mol. The van der Waals surface area contributed by atoms with Crippen molar-refractivity contribution < 1.29 is 26.2 Å². The molecule has 204 valence electrons. The number of aryl methyl sites for hydroxylation is 1. The average Bonchev–Trinajstić information content (AvgIpc) is 2.85. The number of carbonyl (C=O) groups excluding carboxylic acids is 1. The molecule has 0 aliphatic carbocycles. The van der Waals surface area contributed by atoms with Gasteiger partial charge in [0.15, 0.2) is 0 Å². The highest BCUT2D eigenvalue weighted by Crippen LogP contribution is 2.33. The molecule has 0 saturated heterocycles. The maximum Gasteiger partial charge on any atom is 0.266 e. The Kier molecular flexibility index (Phi) is 9.66. The summed E-state index contributed by atoms with van der Waals surface area (Å²) in [5.74, 6) is -1.19. The lowest BCUT2D eigenvalue weighted by molar-refractivity contribution is -0.121. The van der Waals surface area contributed by atoms with Crippen LogP contribution in [0.5, 0.6) is 0 Å². The van der Waals surface area contributed by atoms with Gasteiger partial charge in [-0.05, 0) is 72.9 Å². The molecule has 0 fully saturated rings. The summed E-state index contributed by atoms with van der Waals surface area (Å²) < 4.78 is 59.8. The molecule has 1 amide bonds. The molecule has 0 spiro atoms. The number of rotatable bonds is 11. The minimum Gasteiger partial charge on any atom is -0.355 e. The quantitative estimate of drug-likeness (QED) is 0.326. The molecule has 0 radical (unpaired) electrons. The molecule has 2 N–H and O–H groups in total. The van der Waals surface area contributed by atoms with E-state index in [-0.39, 0.29) is 24.4 Å². The first-order valence-corrected chi connectivity index (χ1v) is 15.2. The van der Waals surface area contributed by atoms with Crippen molar-refractivity contribution in [1.82, 2.24) is 14.6 Å². The van der Waals surface area contributed by atoms with Crippen molar-refractivity contribution >= 4 is 37.6 Å². The van der Waals surface area contributed by atoms with Gasteiger partial charge in [0.05, 0.1) is 10.6 Å². The molecule has 0 aliphatic rings. The third kappa shape index (κ3) is 7.39. The Morgan fingerprint density at radius 3 is 2.50 bits per heavy atom. The summed E-state index contributed by atoms with van der Waals surface area (Å²) in [6.07, 6.45) is 3.22. The van der Waals surface area contributed by atoms with Crippen molar-refractivity contribution in [2.24, 2.45) is 0 Å². The maximum atomic E-state index is 13.9.